The Morgan fingerprint density at radius 2 is 1.96 bits per heavy atom. The normalized spacial score (nSPS) is 20.0. The van der Waals surface area contributed by atoms with Gasteiger partial charge in [0.2, 0.25) is 0 Å². The maximum atomic E-state index is 12.4. The lowest BCUT2D eigenvalue weighted by Gasteiger charge is -2.23. The molecule has 3 rings (SSSR count). The van der Waals surface area contributed by atoms with Gasteiger partial charge in [0.1, 0.15) is 0 Å². The van der Waals surface area contributed by atoms with Crippen LogP contribution in [-0.2, 0) is 6.54 Å². The zero-order chi connectivity index (χ0) is 17.6. The van der Waals surface area contributed by atoms with Crippen LogP contribution in [0.4, 0.5) is 5.69 Å². The minimum Gasteiger partial charge on any atom is -0.393 e. The van der Waals surface area contributed by atoms with Crippen LogP contribution < -0.4 is 5.32 Å². The molecular formula is C21H26N2O2. The summed E-state index contributed by atoms with van der Waals surface area (Å²) in [4.78, 5) is 14.6. The van der Waals surface area contributed by atoms with E-state index in [4.69, 9.17) is 0 Å². The van der Waals surface area contributed by atoms with Crippen molar-refractivity contribution in [1.82, 2.24) is 4.90 Å². The van der Waals surface area contributed by atoms with Crippen molar-refractivity contribution in [3.63, 3.8) is 0 Å². The lowest BCUT2D eigenvalue weighted by molar-refractivity contribution is 0.102. The van der Waals surface area contributed by atoms with Crippen molar-refractivity contribution in [2.24, 2.45) is 5.92 Å². The molecule has 1 aliphatic carbocycles. The number of nitrogens with one attached hydrogen (secondary N) is 1. The van der Waals surface area contributed by atoms with E-state index in [1.165, 1.54) is 0 Å². The van der Waals surface area contributed by atoms with Gasteiger partial charge in [-0.1, -0.05) is 36.8 Å². The van der Waals surface area contributed by atoms with E-state index >= 15 is 0 Å². The molecule has 0 bridgehead atoms. The smallest absolute Gasteiger partial charge is 0.255 e. The Kier molecular flexibility index (Phi) is 5.84. The number of hydrogen-bond donors (Lipinski definition) is 2. The molecule has 1 amide bonds. The number of carbonyl (C=O) groups excluding carboxylic acids is 1. The van der Waals surface area contributed by atoms with Crippen molar-refractivity contribution in [3.8, 4) is 0 Å². The van der Waals surface area contributed by atoms with Gasteiger partial charge in [-0.15, -0.1) is 0 Å². The summed E-state index contributed by atoms with van der Waals surface area (Å²) in [5.74, 6) is 0.275. The fourth-order valence-corrected chi connectivity index (χ4v) is 3.54. The topological polar surface area (TPSA) is 52.6 Å². The first-order valence-electron chi connectivity index (χ1n) is 8.94. The van der Waals surface area contributed by atoms with Crippen LogP contribution in [0.1, 0.15) is 35.2 Å². The zero-order valence-corrected chi connectivity index (χ0v) is 14.7. The summed E-state index contributed by atoms with van der Waals surface area (Å²) < 4.78 is 0. The third-order valence-corrected chi connectivity index (χ3v) is 4.84. The third-order valence-electron chi connectivity index (χ3n) is 4.84. The SMILES string of the molecule is CN(Cc1cccc(C(=O)Nc2ccccc2)c1)CC1CCCC1O. The largest absolute Gasteiger partial charge is 0.393 e. The molecule has 2 atom stereocenters. The fraction of sp³-hybridized carbons (Fsp3) is 0.381. The Balaban J connectivity index is 1.60. The van der Waals surface area contributed by atoms with Crippen LogP contribution >= 0.6 is 0 Å². The number of rotatable bonds is 6. The summed E-state index contributed by atoms with van der Waals surface area (Å²) in [5, 5.41) is 12.9. The van der Waals surface area contributed by atoms with Crippen LogP contribution in [0.3, 0.4) is 0 Å². The summed E-state index contributed by atoms with van der Waals surface area (Å²) >= 11 is 0. The molecule has 2 N–H and O–H groups in total. The van der Waals surface area contributed by atoms with Crippen LogP contribution in [0.25, 0.3) is 0 Å². The lowest BCUT2D eigenvalue weighted by atomic mass is 10.0. The van der Waals surface area contributed by atoms with Crippen molar-refractivity contribution < 1.29 is 9.90 Å². The first kappa shape index (κ1) is 17.6. The van der Waals surface area contributed by atoms with E-state index in [9.17, 15) is 9.90 Å². The number of aliphatic hydroxyl groups excluding tert-OH is 1. The lowest BCUT2D eigenvalue weighted by Crippen LogP contribution is -2.29. The monoisotopic (exact) mass is 338 g/mol. The van der Waals surface area contributed by atoms with Gasteiger partial charge in [0.25, 0.3) is 5.91 Å². The summed E-state index contributed by atoms with van der Waals surface area (Å²) in [5.41, 5.74) is 2.57. The molecule has 0 radical (unpaired) electrons. The first-order valence-corrected chi connectivity index (χ1v) is 8.94. The molecule has 132 valence electrons. The fourth-order valence-electron chi connectivity index (χ4n) is 3.54. The molecule has 0 spiro atoms. The third kappa shape index (κ3) is 4.91. The van der Waals surface area contributed by atoms with Gasteiger partial charge in [-0.25, -0.2) is 0 Å². The Morgan fingerprint density at radius 1 is 1.16 bits per heavy atom. The van der Waals surface area contributed by atoms with Crippen molar-refractivity contribution in [1.29, 1.82) is 0 Å². The molecule has 0 aliphatic heterocycles. The quantitative estimate of drug-likeness (QED) is 0.847. The number of para-hydroxylation sites is 1. The van der Waals surface area contributed by atoms with E-state index < -0.39 is 0 Å². The number of carbonyl (C=O) groups is 1. The Morgan fingerprint density at radius 3 is 2.68 bits per heavy atom. The van der Waals surface area contributed by atoms with Crippen LogP contribution in [0.5, 0.6) is 0 Å². The first-order chi connectivity index (χ1) is 12.1. The molecule has 2 aromatic rings. The highest BCUT2D eigenvalue weighted by Crippen LogP contribution is 2.26. The summed E-state index contributed by atoms with van der Waals surface area (Å²) in [6, 6.07) is 17.2. The molecule has 1 saturated carbocycles. The molecule has 1 aliphatic rings. The van der Waals surface area contributed by atoms with Gasteiger partial charge in [0.05, 0.1) is 6.10 Å². The molecule has 1 fully saturated rings. The van der Waals surface area contributed by atoms with Crippen LogP contribution in [0.15, 0.2) is 54.6 Å². The number of benzene rings is 2. The van der Waals surface area contributed by atoms with Crippen LogP contribution in [0, 0.1) is 5.92 Å². The molecule has 0 aromatic heterocycles. The van der Waals surface area contributed by atoms with E-state index in [1.807, 2.05) is 54.6 Å². The van der Waals surface area contributed by atoms with E-state index in [1.54, 1.807) is 0 Å². The number of anilines is 1. The minimum atomic E-state index is -0.162. The second-order valence-corrected chi connectivity index (χ2v) is 6.98. The van der Waals surface area contributed by atoms with Gasteiger partial charge >= 0.3 is 0 Å². The average molecular weight is 338 g/mol. The Labute approximate surface area is 149 Å². The number of aliphatic hydroxyl groups is 1. The molecular weight excluding hydrogens is 312 g/mol. The molecule has 0 saturated heterocycles. The Bertz CT molecular complexity index is 702. The van der Waals surface area contributed by atoms with E-state index in [0.29, 0.717) is 11.5 Å². The van der Waals surface area contributed by atoms with Gasteiger partial charge in [0, 0.05) is 24.3 Å². The van der Waals surface area contributed by atoms with E-state index in [-0.39, 0.29) is 12.0 Å². The highest BCUT2D eigenvalue weighted by Gasteiger charge is 2.26. The second-order valence-electron chi connectivity index (χ2n) is 6.98. The highest BCUT2D eigenvalue weighted by atomic mass is 16.3. The van der Waals surface area contributed by atoms with Gasteiger partial charge in [-0.2, -0.15) is 0 Å². The maximum absolute atomic E-state index is 12.4. The second kappa shape index (κ2) is 8.28. The highest BCUT2D eigenvalue weighted by molar-refractivity contribution is 6.04. The van der Waals surface area contributed by atoms with Crippen molar-refractivity contribution in [3.05, 3.63) is 65.7 Å². The summed E-state index contributed by atoms with van der Waals surface area (Å²) in [6.07, 6.45) is 2.98. The van der Waals surface area contributed by atoms with Gasteiger partial charge in [0.15, 0.2) is 0 Å². The molecule has 2 aromatic carbocycles. The standard InChI is InChI=1S/C21H26N2O2/c1-23(15-18-9-6-12-20(18)24)14-16-7-5-8-17(13-16)21(25)22-19-10-3-2-4-11-19/h2-5,7-8,10-11,13,18,20,24H,6,9,12,14-15H2,1H3,(H,22,25). The molecule has 4 heteroatoms. The van der Waals surface area contributed by atoms with Crippen LogP contribution in [-0.4, -0.2) is 35.6 Å². The van der Waals surface area contributed by atoms with Gasteiger partial charge < -0.3 is 15.3 Å². The predicted molar refractivity (Wildman–Crippen MR) is 101 cm³/mol. The average Bonchev–Trinajstić information content (AvgIpc) is 3.00. The molecule has 4 nitrogen and oxygen atoms in total. The molecule has 0 heterocycles. The molecule has 25 heavy (non-hydrogen) atoms. The van der Waals surface area contributed by atoms with E-state index in [2.05, 4.69) is 17.3 Å². The number of nitrogens with zero attached hydrogens (tertiary/aromatic N) is 1. The van der Waals surface area contributed by atoms with Crippen LogP contribution in [0.2, 0.25) is 0 Å². The van der Waals surface area contributed by atoms with Crippen molar-refractivity contribution >= 4 is 11.6 Å². The minimum absolute atomic E-state index is 0.0954. The predicted octanol–water partition coefficient (Wildman–Crippen LogP) is 3.53. The van der Waals surface area contributed by atoms with Gasteiger partial charge in [-0.3, -0.25) is 4.79 Å². The number of amides is 1. The summed E-state index contributed by atoms with van der Waals surface area (Å²) in [7, 11) is 2.07. The number of hydrogen-bond acceptors (Lipinski definition) is 3. The zero-order valence-electron chi connectivity index (χ0n) is 14.7. The van der Waals surface area contributed by atoms with Crippen molar-refractivity contribution in [2.45, 2.75) is 31.9 Å². The Hall–Kier alpha value is -2.17. The summed E-state index contributed by atoms with van der Waals surface area (Å²) in [6.45, 7) is 1.66. The van der Waals surface area contributed by atoms with Gasteiger partial charge in [-0.05, 0) is 55.6 Å². The van der Waals surface area contributed by atoms with E-state index in [0.717, 1.165) is 43.6 Å². The maximum Gasteiger partial charge on any atom is 0.255 e. The van der Waals surface area contributed by atoms with Crippen molar-refractivity contribution in [2.75, 3.05) is 18.9 Å². The molecule has 2 unspecified atom stereocenters.